The third-order valence-electron chi connectivity index (χ3n) is 11.3. The van der Waals surface area contributed by atoms with Crippen LogP contribution in [0.1, 0.15) is 113 Å². The van der Waals surface area contributed by atoms with Crippen LogP contribution in [0.3, 0.4) is 0 Å². The number of nitrogens with one attached hydrogen (secondary N) is 7. The normalized spacial score (nSPS) is 20.9. The predicted molar refractivity (Wildman–Crippen MR) is 224 cm³/mol. The molecule has 59 heavy (non-hydrogen) atoms. The maximum Gasteiger partial charge on any atom is 0.407 e. The highest BCUT2D eigenvalue weighted by molar-refractivity contribution is 6.00. The molecule has 1 unspecified atom stereocenters. The maximum atomic E-state index is 12.1. The van der Waals surface area contributed by atoms with Crippen LogP contribution in [0.15, 0.2) is 48.5 Å². The van der Waals surface area contributed by atoms with Crippen LogP contribution < -0.4 is 31.5 Å². The predicted octanol–water partition coefficient (Wildman–Crippen LogP) is 6.93. The summed E-state index contributed by atoms with van der Waals surface area (Å²) < 4.78 is 11.0. The summed E-state index contributed by atoms with van der Waals surface area (Å²) in [6.45, 7) is 8.20. The fourth-order valence-electron chi connectivity index (χ4n) is 8.36. The molecule has 16 nitrogen and oxygen atoms in total. The molecule has 16 heteroatoms. The average Bonchev–Trinajstić information content (AvgIpc) is 4.02. The number of benzene rings is 2. The molecule has 2 aliphatic heterocycles. The van der Waals surface area contributed by atoms with Crippen LogP contribution in [0, 0.1) is 0 Å². The first-order valence-electron chi connectivity index (χ1n) is 20.7. The molecule has 0 bridgehead atoms. The molecule has 2 aliphatic carbocycles. The first-order chi connectivity index (χ1) is 28.4. The largest absolute Gasteiger partial charge is 0.446 e. The van der Waals surface area contributed by atoms with Gasteiger partial charge in [-0.05, 0) is 101 Å². The van der Waals surface area contributed by atoms with Gasteiger partial charge < -0.3 is 41.0 Å². The van der Waals surface area contributed by atoms with Crippen molar-refractivity contribution in [3.8, 4) is 0 Å². The molecular weight excluding hydrogens is 753 g/mol. The molecule has 4 amide bonds. The van der Waals surface area contributed by atoms with Crippen LogP contribution in [0.4, 0.5) is 38.3 Å². The summed E-state index contributed by atoms with van der Waals surface area (Å²) in [6, 6.07) is 16.2. The molecule has 2 aromatic heterocycles. The second kappa shape index (κ2) is 18.2. The number of carbonyl (C=O) groups is 4. The number of fused-ring (bicyclic) bond motifs is 2. The SMILES string of the molecule is CC(C)NC(=O)OC1CC[C@H](c2cc(Nc3cccc4c3N(C)C(=O)CC4)n[nH]2)C1.CC(C)NC(=O)O[C@@H]1CC[C@H](c2cc(Nc3cccc4c3CC(=O)NC4)n[nH]2)C1. The highest BCUT2D eigenvalue weighted by atomic mass is 16.6. The van der Waals surface area contributed by atoms with Crippen molar-refractivity contribution in [2.75, 3.05) is 22.6 Å². The molecule has 0 spiro atoms. The summed E-state index contributed by atoms with van der Waals surface area (Å²) in [5, 5.41) is 30.2. The Morgan fingerprint density at radius 3 is 1.86 bits per heavy atom. The molecule has 0 saturated heterocycles. The first kappa shape index (κ1) is 41.1. The number of aromatic amines is 2. The topological polar surface area (TPSA) is 207 Å². The van der Waals surface area contributed by atoms with Gasteiger partial charge in [0.25, 0.3) is 0 Å². The van der Waals surface area contributed by atoms with Crippen LogP contribution in [-0.4, -0.2) is 75.7 Å². The van der Waals surface area contributed by atoms with E-state index in [4.69, 9.17) is 9.47 Å². The zero-order valence-electron chi connectivity index (χ0n) is 34.4. The van der Waals surface area contributed by atoms with Gasteiger partial charge in [-0.15, -0.1) is 0 Å². The average molecular weight is 809 g/mol. The van der Waals surface area contributed by atoms with Crippen molar-refractivity contribution < 1.29 is 28.7 Å². The summed E-state index contributed by atoms with van der Waals surface area (Å²) in [5.74, 6) is 2.16. The quantitative estimate of drug-likeness (QED) is 0.0879. The number of hydrogen-bond donors (Lipinski definition) is 7. The molecule has 4 atom stereocenters. The second-order valence-electron chi connectivity index (χ2n) is 16.5. The highest BCUT2D eigenvalue weighted by Crippen LogP contribution is 2.39. The van der Waals surface area contributed by atoms with Gasteiger partial charge in [0.2, 0.25) is 11.8 Å². The number of aromatic nitrogens is 4. The zero-order valence-corrected chi connectivity index (χ0v) is 34.4. The van der Waals surface area contributed by atoms with Crippen LogP contribution in [0.25, 0.3) is 0 Å². The van der Waals surface area contributed by atoms with Gasteiger partial charge in [-0.2, -0.15) is 10.2 Å². The third kappa shape index (κ3) is 10.3. The number of ether oxygens (including phenoxy) is 2. The van der Waals surface area contributed by atoms with Crippen LogP contribution in [0.5, 0.6) is 0 Å². The van der Waals surface area contributed by atoms with Crippen molar-refractivity contribution in [3.05, 3.63) is 76.6 Å². The zero-order chi connectivity index (χ0) is 41.6. The number of aryl methyl sites for hydroxylation is 1. The van der Waals surface area contributed by atoms with Gasteiger partial charge in [-0.25, -0.2) is 9.59 Å². The van der Waals surface area contributed by atoms with Crippen molar-refractivity contribution in [1.29, 1.82) is 0 Å². The Kier molecular flexibility index (Phi) is 12.7. The number of carbonyl (C=O) groups excluding carboxylic acids is 4. The van der Waals surface area contributed by atoms with E-state index < -0.39 is 0 Å². The lowest BCUT2D eigenvalue weighted by Crippen LogP contribution is -2.33. The number of hydrogen-bond acceptors (Lipinski definition) is 10. The Morgan fingerprint density at radius 2 is 1.29 bits per heavy atom. The summed E-state index contributed by atoms with van der Waals surface area (Å²) in [7, 11) is 1.82. The highest BCUT2D eigenvalue weighted by Gasteiger charge is 2.32. The summed E-state index contributed by atoms with van der Waals surface area (Å²) in [5.41, 5.74) is 8.07. The van der Waals surface area contributed by atoms with Crippen molar-refractivity contribution in [3.63, 3.8) is 0 Å². The van der Waals surface area contributed by atoms with Crippen LogP contribution in [0.2, 0.25) is 0 Å². The lowest BCUT2D eigenvalue weighted by atomic mass is 9.98. The van der Waals surface area contributed by atoms with Gasteiger partial charge >= 0.3 is 12.2 Å². The Bertz CT molecular complexity index is 2150. The third-order valence-corrected chi connectivity index (χ3v) is 11.3. The summed E-state index contributed by atoms with van der Waals surface area (Å²) in [6.07, 6.45) is 5.97. The van der Waals surface area contributed by atoms with Crippen molar-refractivity contribution >= 4 is 52.7 Å². The molecule has 4 aliphatic rings. The van der Waals surface area contributed by atoms with Gasteiger partial charge in [-0.1, -0.05) is 24.3 Å². The Labute approximate surface area is 344 Å². The van der Waals surface area contributed by atoms with E-state index >= 15 is 0 Å². The Balaban J connectivity index is 0.000000179. The van der Waals surface area contributed by atoms with Gasteiger partial charge in [-0.3, -0.25) is 19.8 Å². The fraction of sp³-hybridized carbons (Fsp3) is 0.488. The number of rotatable bonds is 10. The van der Waals surface area contributed by atoms with Crippen LogP contribution in [-0.2, 0) is 38.4 Å². The van der Waals surface area contributed by atoms with Gasteiger partial charge in [0, 0.05) is 73.1 Å². The first-order valence-corrected chi connectivity index (χ1v) is 20.7. The van der Waals surface area contributed by atoms with E-state index in [9.17, 15) is 19.2 Å². The molecular formula is C43H56N10O6. The summed E-state index contributed by atoms with van der Waals surface area (Å²) >= 11 is 0. The van der Waals surface area contributed by atoms with Gasteiger partial charge in [0.15, 0.2) is 11.6 Å². The number of nitrogens with zero attached hydrogens (tertiary/aromatic N) is 3. The summed E-state index contributed by atoms with van der Waals surface area (Å²) in [4.78, 5) is 49.3. The minimum absolute atomic E-state index is 0.0352. The second-order valence-corrected chi connectivity index (χ2v) is 16.5. The molecule has 7 N–H and O–H groups in total. The lowest BCUT2D eigenvalue weighted by molar-refractivity contribution is -0.121. The van der Waals surface area contributed by atoms with E-state index in [2.05, 4.69) is 53.0 Å². The van der Waals surface area contributed by atoms with Crippen molar-refractivity contribution in [2.45, 2.75) is 128 Å². The molecule has 2 saturated carbocycles. The smallest absolute Gasteiger partial charge is 0.407 e. The molecule has 314 valence electrons. The molecule has 4 heterocycles. The lowest BCUT2D eigenvalue weighted by Gasteiger charge is -2.28. The van der Waals surface area contributed by atoms with Gasteiger partial charge in [0.1, 0.15) is 12.2 Å². The van der Waals surface area contributed by atoms with E-state index in [1.807, 2.05) is 77.2 Å². The van der Waals surface area contributed by atoms with E-state index in [1.165, 1.54) is 0 Å². The van der Waals surface area contributed by atoms with Gasteiger partial charge in [0.05, 0.1) is 17.8 Å². The van der Waals surface area contributed by atoms with Crippen LogP contribution >= 0.6 is 0 Å². The number of alkyl carbamates (subject to hydrolysis) is 2. The number of para-hydroxylation sites is 1. The molecule has 2 aromatic carbocycles. The Hall–Kier alpha value is -6.06. The standard InChI is InChI=1S/C22H29N5O3.C21H27N5O3/c1-13(2)23-22(29)30-16-9-7-15(11-16)18-12-19(26-25-18)24-17-6-4-5-14-8-10-20(28)27(3)21(14)17;1-12(2)23-21(28)29-15-7-6-13(8-15)18-10-19(26-25-18)24-17-5-3-4-14-11-22-20(27)9-16(14)17/h4-6,12-13,15-16H,7-11H2,1-3H3,(H,23,29)(H2,24,25,26);3-5,10,12-13,15H,6-9,11H2,1-2H3,(H,22,27)(H,23,28)(H2,24,25,26)/t15-,16?;13-,15+/m00/s1. The number of anilines is 5. The van der Waals surface area contributed by atoms with Crippen molar-refractivity contribution in [2.24, 2.45) is 0 Å². The monoisotopic (exact) mass is 808 g/mol. The fourth-order valence-corrected chi connectivity index (χ4v) is 8.36. The van der Waals surface area contributed by atoms with E-state index in [0.29, 0.717) is 25.2 Å². The molecule has 2 fully saturated rings. The van der Waals surface area contributed by atoms with E-state index in [-0.39, 0.29) is 60.1 Å². The maximum absolute atomic E-state index is 12.1. The Morgan fingerprint density at radius 1 is 0.746 bits per heavy atom. The van der Waals surface area contributed by atoms with Crippen molar-refractivity contribution in [1.82, 2.24) is 36.3 Å². The molecule has 4 aromatic rings. The molecule has 0 radical (unpaired) electrons. The minimum atomic E-state index is -0.352. The molecule has 8 rings (SSSR count). The number of amides is 4. The minimum Gasteiger partial charge on any atom is -0.446 e. The number of H-pyrrole nitrogens is 2. The van der Waals surface area contributed by atoms with E-state index in [1.54, 1.807) is 4.90 Å². The van der Waals surface area contributed by atoms with E-state index in [0.717, 1.165) is 95.9 Å².